The first kappa shape index (κ1) is 14.5. The number of fused-ring (bicyclic) bond motifs is 1. The summed E-state index contributed by atoms with van der Waals surface area (Å²) in [5, 5.41) is 2.77. The molecule has 1 aliphatic rings. The second-order valence-corrected chi connectivity index (χ2v) is 5.25. The van der Waals surface area contributed by atoms with E-state index >= 15 is 0 Å². The predicted octanol–water partition coefficient (Wildman–Crippen LogP) is 2.08. The van der Waals surface area contributed by atoms with Crippen LogP contribution in [0.5, 0.6) is 5.75 Å². The summed E-state index contributed by atoms with van der Waals surface area (Å²) in [6.07, 6.45) is 0. The molecule has 0 saturated heterocycles. The van der Waals surface area contributed by atoms with E-state index in [9.17, 15) is 9.18 Å². The van der Waals surface area contributed by atoms with E-state index in [0.717, 1.165) is 16.9 Å². The Morgan fingerprint density at radius 3 is 2.91 bits per heavy atom. The van der Waals surface area contributed by atoms with Gasteiger partial charge in [-0.3, -0.25) is 4.79 Å². The van der Waals surface area contributed by atoms with Crippen LogP contribution in [0.25, 0.3) is 0 Å². The zero-order valence-electron chi connectivity index (χ0n) is 12.0. The van der Waals surface area contributed by atoms with Crippen molar-refractivity contribution in [3.05, 3.63) is 65.0 Å². The van der Waals surface area contributed by atoms with Crippen LogP contribution in [-0.4, -0.2) is 12.5 Å². The predicted molar refractivity (Wildman–Crippen MR) is 80.8 cm³/mol. The van der Waals surface area contributed by atoms with Gasteiger partial charge in [0.25, 0.3) is 0 Å². The second kappa shape index (κ2) is 6.15. The molecule has 0 fully saturated rings. The first-order valence-electron chi connectivity index (χ1n) is 7.16. The number of carbonyl (C=O) groups excluding carboxylic acids is 1. The highest BCUT2D eigenvalue weighted by Gasteiger charge is 2.29. The van der Waals surface area contributed by atoms with E-state index in [-0.39, 0.29) is 24.2 Å². The van der Waals surface area contributed by atoms with Crippen LogP contribution < -0.4 is 15.8 Å². The molecule has 3 rings (SSSR count). The lowest BCUT2D eigenvalue weighted by atomic mass is 10.0. The minimum Gasteiger partial charge on any atom is -0.492 e. The van der Waals surface area contributed by atoms with Gasteiger partial charge in [-0.15, -0.1) is 0 Å². The monoisotopic (exact) mass is 300 g/mol. The molecule has 0 aromatic heterocycles. The molecule has 114 valence electrons. The Hall–Kier alpha value is -2.40. The van der Waals surface area contributed by atoms with Crippen LogP contribution in [0.3, 0.4) is 0 Å². The fourth-order valence-electron chi connectivity index (χ4n) is 2.55. The zero-order valence-corrected chi connectivity index (χ0v) is 12.0. The van der Waals surface area contributed by atoms with E-state index in [4.69, 9.17) is 10.5 Å². The van der Waals surface area contributed by atoms with Gasteiger partial charge in [0.05, 0.1) is 0 Å². The third-order valence-corrected chi connectivity index (χ3v) is 3.82. The molecule has 1 atom stereocenters. The number of amides is 1. The van der Waals surface area contributed by atoms with E-state index in [1.807, 2.05) is 24.3 Å². The Morgan fingerprint density at radius 1 is 1.32 bits per heavy atom. The molecular weight excluding hydrogens is 283 g/mol. The van der Waals surface area contributed by atoms with Crippen LogP contribution in [0.15, 0.2) is 42.5 Å². The SMILES string of the molecule is NCc1ccc(CNC(=O)[C@@H]2COc3ccccc32)c(F)c1. The summed E-state index contributed by atoms with van der Waals surface area (Å²) in [5.74, 6) is -0.123. The highest BCUT2D eigenvalue weighted by molar-refractivity contribution is 5.85. The second-order valence-electron chi connectivity index (χ2n) is 5.25. The molecule has 22 heavy (non-hydrogen) atoms. The summed E-state index contributed by atoms with van der Waals surface area (Å²) in [4.78, 5) is 12.3. The summed E-state index contributed by atoms with van der Waals surface area (Å²) in [5.41, 5.74) is 7.51. The van der Waals surface area contributed by atoms with E-state index < -0.39 is 0 Å². The molecule has 0 saturated carbocycles. The fraction of sp³-hybridized carbons (Fsp3) is 0.235. The smallest absolute Gasteiger partial charge is 0.231 e. The Kier molecular flexibility index (Phi) is 4.06. The Labute approximate surface area is 128 Å². The van der Waals surface area contributed by atoms with E-state index in [0.29, 0.717) is 18.7 Å². The normalized spacial score (nSPS) is 16.0. The largest absolute Gasteiger partial charge is 0.492 e. The van der Waals surface area contributed by atoms with Crippen molar-refractivity contribution in [1.82, 2.24) is 5.32 Å². The summed E-state index contributed by atoms with van der Waals surface area (Å²) in [6, 6.07) is 12.3. The average Bonchev–Trinajstić information content (AvgIpc) is 2.97. The maximum Gasteiger partial charge on any atom is 0.231 e. The van der Waals surface area contributed by atoms with Crippen molar-refractivity contribution in [2.24, 2.45) is 5.73 Å². The molecule has 0 unspecified atom stereocenters. The maximum absolute atomic E-state index is 13.9. The first-order valence-corrected chi connectivity index (χ1v) is 7.16. The maximum atomic E-state index is 13.9. The van der Waals surface area contributed by atoms with Crippen molar-refractivity contribution in [1.29, 1.82) is 0 Å². The highest BCUT2D eigenvalue weighted by atomic mass is 19.1. The summed E-state index contributed by atoms with van der Waals surface area (Å²) in [6.45, 7) is 0.758. The minimum atomic E-state index is -0.355. The van der Waals surface area contributed by atoms with Crippen molar-refractivity contribution < 1.29 is 13.9 Å². The van der Waals surface area contributed by atoms with Gasteiger partial charge in [0.1, 0.15) is 24.1 Å². The van der Waals surface area contributed by atoms with Gasteiger partial charge in [0.2, 0.25) is 5.91 Å². The first-order chi connectivity index (χ1) is 10.7. The molecule has 1 aliphatic heterocycles. The Bertz CT molecular complexity index is 703. The van der Waals surface area contributed by atoms with Gasteiger partial charge in [0.15, 0.2) is 0 Å². The van der Waals surface area contributed by atoms with Crippen LogP contribution in [0.2, 0.25) is 0 Å². The number of nitrogens with one attached hydrogen (secondary N) is 1. The Morgan fingerprint density at radius 2 is 2.14 bits per heavy atom. The molecule has 2 aromatic rings. The number of hydrogen-bond acceptors (Lipinski definition) is 3. The van der Waals surface area contributed by atoms with Crippen molar-refractivity contribution in [3.8, 4) is 5.75 Å². The van der Waals surface area contributed by atoms with Crippen LogP contribution in [0.1, 0.15) is 22.6 Å². The van der Waals surface area contributed by atoms with Crippen LogP contribution in [-0.2, 0) is 17.9 Å². The molecule has 5 heteroatoms. The number of ether oxygens (including phenoxy) is 1. The van der Waals surface area contributed by atoms with Gasteiger partial charge in [-0.05, 0) is 17.7 Å². The van der Waals surface area contributed by atoms with Gasteiger partial charge in [-0.2, -0.15) is 0 Å². The fourth-order valence-corrected chi connectivity index (χ4v) is 2.55. The standard InChI is InChI=1S/C17H17FN2O2/c18-15-7-11(8-19)5-6-12(15)9-20-17(21)14-10-22-16-4-2-1-3-13(14)16/h1-7,14H,8-10,19H2,(H,20,21)/t14-/m1/s1. The minimum absolute atomic E-state index is 0.147. The van der Waals surface area contributed by atoms with Crippen LogP contribution >= 0.6 is 0 Å². The van der Waals surface area contributed by atoms with Crippen molar-refractivity contribution >= 4 is 5.91 Å². The number of halogens is 1. The number of rotatable bonds is 4. The summed E-state index contributed by atoms with van der Waals surface area (Å²) >= 11 is 0. The molecule has 2 aromatic carbocycles. The topological polar surface area (TPSA) is 64.3 Å². The lowest BCUT2D eigenvalue weighted by Crippen LogP contribution is -2.30. The third kappa shape index (κ3) is 2.80. The number of para-hydroxylation sites is 1. The van der Waals surface area contributed by atoms with Crippen molar-refractivity contribution in [2.45, 2.75) is 19.0 Å². The Balaban J connectivity index is 1.66. The number of benzene rings is 2. The van der Waals surface area contributed by atoms with Gasteiger partial charge >= 0.3 is 0 Å². The van der Waals surface area contributed by atoms with Crippen LogP contribution in [0.4, 0.5) is 4.39 Å². The van der Waals surface area contributed by atoms with Crippen molar-refractivity contribution in [3.63, 3.8) is 0 Å². The lowest BCUT2D eigenvalue weighted by Gasteiger charge is -2.11. The number of carbonyl (C=O) groups is 1. The van der Waals surface area contributed by atoms with Gasteiger partial charge in [0, 0.05) is 24.2 Å². The van der Waals surface area contributed by atoms with E-state index in [1.54, 1.807) is 12.1 Å². The summed E-state index contributed by atoms with van der Waals surface area (Å²) < 4.78 is 19.4. The van der Waals surface area contributed by atoms with Gasteiger partial charge in [-0.1, -0.05) is 30.3 Å². The van der Waals surface area contributed by atoms with Crippen molar-refractivity contribution in [2.75, 3.05) is 6.61 Å². The van der Waals surface area contributed by atoms with Gasteiger partial charge < -0.3 is 15.8 Å². The highest BCUT2D eigenvalue weighted by Crippen LogP contribution is 2.33. The average molecular weight is 300 g/mol. The molecule has 1 heterocycles. The molecule has 3 N–H and O–H groups in total. The van der Waals surface area contributed by atoms with E-state index in [1.165, 1.54) is 6.07 Å². The lowest BCUT2D eigenvalue weighted by molar-refractivity contribution is -0.122. The number of nitrogens with two attached hydrogens (primary N) is 1. The van der Waals surface area contributed by atoms with Gasteiger partial charge in [-0.25, -0.2) is 4.39 Å². The quantitative estimate of drug-likeness (QED) is 0.908. The molecule has 4 nitrogen and oxygen atoms in total. The molecule has 0 aliphatic carbocycles. The number of hydrogen-bond donors (Lipinski definition) is 2. The van der Waals surface area contributed by atoms with Crippen LogP contribution in [0, 0.1) is 5.82 Å². The molecule has 1 amide bonds. The molecule has 0 spiro atoms. The third-order valence-electron chi connectivity index (χ3n) is 3.82. The summed E-state index contributed by atoms with van der Waals surface area (Å²) in [7, 11) is 0. The molecule has 0 bridgehead atoms. The molecular formula is C17H17FN2O2. The molecule has 0 radical (unpaired) electrons. The zero-order chi connectivity index (χ0) is 15.5. The van der Waals surface area contributed by atoms with E-state index in [2.05, 4.69) is 5.32 Å².